The lowest BCUT2D eigenvalue weighted by Gasteiger charge is -1.89. The SMILES string of the molecule is C=C=CC1=C/C=C\C=C/C=C\1. The third-order valence-electron chi connectivity index (χ3n) is 1.29. The van der Waals surface area contributed by atoms with E-state index in [4.69, 9.17) is 0 Å². The van der Waals surface area contributed by atoms with Crippen LogP contribution >= 0.6 is 0 Å². The van der Waals surface area contributed by atoms with E-state index < -0.39 is 0 Å². The molecule has 0 N–H and O–H groups in total. The maximum atomic E-state index is 3.51. The minimum Gasteiger partial charge on any atom is -0.128 e. The molecule has 0 heteroatoms. The largest absolute Gasteiger partial charge is 0.128 e. The van der Waals surface area contributed by atoms with E-state index in [1.54, 1.807) is 0 Å². The molecule has 0 atom stereocenters. The van der Waals surface area contributed by atoms with Gasteiger partial charge in [-0.15, -0.1) is 5.73 Å². The van der Waals surface area contributed by atoms with Crippen molar-refractivity contribution in [3.05, 3.63) is 66.5 Å². The minimum absolute atomic E-state index is 1.11. The molecule has 0 saturated heterocycles. The van der Waals surface area contributed by atoms with Crippen LogP contribution in [0.15, 0.2) is 66.5 Å². The molecule has 1 rings (SSSR count). The van der Waals surface area contributed by atoms with Crippen molar-refractivity contribution in [1.29, 1.82) is 0 Å². The third-order valence-corrected chi connectivity index (χ3v) is 1.29. The third kappa shape index (κ3) is 2.70. The summed E-state index contributed by atoms with van der Waals surface area (Å²) in [5.41, 5.74) is 3.84. The summed E-state index contributed by atoms with van der Waals surface area (Å²) in [5, 5.41) is 0. The van der Waals surface area contributed by atoms with Crippen LogP contribution in [0.5, 0.6) is 0 Å². The molecular weight excluding hydrogens is 132 g/mol. The summed E-state index contributed by atoms with van der Waals surface area (Å²) in [7, 11) is 0. The predicted molar refractivity (Wildman–Crippen MR) is 49.2 cm³/mol. The van der Waals surface area contributed by atoms with E-state index in [-0.39, 0.29) is 0 Å². The van der Waals surface area contributed by atoms with Gasteiger partial charge in [0.15, 0.2) is 0 Å². The summed E-state index contributed by atoms with van der Waals surface area (Å²) in [6.07, 6.45) is 15.8. The number of hydrogen-bond acceptors (Lipinski definition) is 0. The van der Waals surface area contributed by atoms with Gasteiger partial charge < -0.3 is 0 Å². The van der Waals surface area contributed by atoms with Gasteiger partial charge >= 0.3 is 0 Å². The van der Waals surface area contributed by atoms with Gasteiger partial charge in [-0.3, -0.25) is 0 Å². The quantitative estimate of drug-likeness (QED) is 0.494. The first-order chi connectivity index (χ1) is 5.43. The molecule has 0 radical (unpaired) electrons. The molecule has 0 aromatic heterocycles. The average molecular weight is 142 g/mol. The van der Waals surface area contributed by atoms with Gasteiger partial charge in [0, 0.05) is 0 Å². The van der Waals surface area contributed by atoms with Crippen LogP contribution in [0, 0.1) is 0 Å². The molecule has 0 nitrogen and oxygen atoms in total. The van der Waals surface area contributed by atoms with E-state index in [1.165, 1.54) is 0 Å². The smallest absolute Gasteiger partial charge is 0.0133 e. The summed E-state index contributed by atoms with van der Waals surface area (Å²) >= 11 is 0. The maximum absolute atomic E-state index is 3.51. The van der Waals surface area contributed by atoms with Crippen LogP contribution in [0.25, 0.3) is 0 Å². The van der Waals surface area contributed by atoms with Crippen LogP contribution in [0.3, 0.4) is 0 Å². The van der Waals surface area contributed by atoms with E-state index in [9.17, 15) is 0 Å². The van der Waals surface area contributed by atoms with Crippen molar-refractivity contribution in [2.75, 3.05) is 0 Å². The van der Waals surface area contributed by atoms with E-state index in [2.05, 4.69) is 12.3 Å². The molecule has 0 heterocycles. The first kappa shape index (κ1) is 7.59. The fraction of sp³-hybridized carbons (Fsp3) is 0. The summed E-state index contributed by atoms with van der Waals surface area (Å²) in [6.45, 7) is 3.51. The summed E-state index contributed by atoms with van der Waals surface area (Å²) in [4.78, 5) is 0. The van der Waals surface area contributed by atoms with Gasteiger partial charge in [0.2, 0.25) is 0 Å². The Labute approximate surface area is 67.2 Å². The number of rotatable bonds is 1. The lowest BCUT2D eigenvalue weighted by atomic mass is 10.2. The maximum Gasteiger partial charge on any atom is -0.0133 e. The van der Waals surface area contributed by atoms with Crippen molar-refractivity contribution in [3.63, 3.8) is 0 Å². The Kier molecular flexibility index (Phi) is 2.98. The fourth-order valence-electron chi connectivity index (χ4n) is 0.795. The first-order valence-electron chi connectivity index (χ1n) is 3.51. The Balaban J connectivity index is 2.86. The normalized spacial score (nSPS) is 28.2. The number of hydrogen-bond donors (Lipinski definition) is 0. The zero-order valence-electron chi connectivity index (χ0n) is 6.33. The van der Waals surface area contributed by atoms with Gasteiger partial charge in [0.05, 0.1) is 0 Å². The highest BCUT2D eigenvalue weighted by molar-refractivity contribution is 5.37. The fourth-order valence-corrected chi connectivity index (χ4v) is 0.795. The van der Waals surface area contributed by atoms with E-state index >= 15 is 0 Å². The molecular formula is C11H10. The highest BCUT2D eigenvalue weighted by atomic mass is 13.9. The van der Waals surface area contributed by atoms with Gasteiger partial charge in [0.25, 0.3) is 0 Å². The van der Waals surface area contributed by atoms with Crippen LogP contribution in [0.4, 0.5) is 0 Å². The topological polar surface area (TPSA) is 0 Å². The van der Waals surface area contributed by atoms with Crippen LogP contribution in [-0.2, 0) is 0 Å². The second-order valence-electron chi connectivity index (χ2n) is 2.14. The summed E-state index contributed by atoms with van der Waals surface area (Å²) in [5.74, 6) is 0. The molecule has 54 valence electrons. The minimum atomic E-state index is 1.11. The average Bonchev–Trinajstić information content (AvgIpc) is 1.94. The Morgan fingerprint density at radius 1 is 1.09 bits per heavy atom. The van der Waals surface area contributed by atoms with Crippen molar-refractivity contribution in [2.45, 2.75) is 0 Å². The molecule has 0 aliphatic heterocycles. The molecule has 0 saturated carbocycles. The molecule has 1 aliphatic carbocycles. The highest BCUT2D eigenvalue weighted by Crippen LogP contribution is 2.01. The van der Waals surface area contributed by atoms with Crippen LogP contribution in [0.1, 0.15) is 0 Å². The van der Waals surface area contributed by atoms with Crippen LogP contribution < -0.4 is 0 Å². The summed E-state index contributed by atoms with van der Waals surface area (Å²) < 4.78 is 0. The molecule has 0 amide bonds. The molecule has 0 aromatic carbocycles. The molecule has 0 unspecified atom stereocenters. The lowest BCUT2D eigenvalue weighted by molar-refractivity contribution is 1.66. The van der Waals surface area contributed by atoms with Crippen LogP contribution in [-0.4, -0.2) is 0 Å². The van der Waals surface area contributed by atoms with Crippen molar-refractivity contribution in [3.8, 4) is 0 Å². The van der Waals surface area contributed by atoms with Gasteiger partial charge in [-0.2, -0.15) is 0 Å². The number of allylic oxidation sites excluding steroid dienone is 9. The second kappa shape index (κ2) is 4.32. The molecule has 11 heavy (non-hydrogen) atoms. The lowest BCUT2D eigenvalue weighted by Crippen LogP contribution is -1.69. The Hall–Kier alpha value is -1.52. The van der Waals surface area contributed by atoms with Gasteiger partial charge in [0.1, 0.15) is 0 Å². The second-order valence-corrected chi connectivity index (χ2v) is 2.14. The van der Waals surface area contributed by atoms with Gasteiger partial charge in [-0.25, -0.2) is 0 Å². The Morgan fingerprint density at radius 2 is 1.82 bits per heavy atom. The van der Waals surface area contributed by atoms with E-state index in [0.29, 0.717) is 0 Å². The zero-order chi connectivity index (χ0) is 7.94. The Bertz CT molecular complexity index is 279. The standard InChI is InChI=1S/C11H10/c1-2-8-11-9-6-4-3-5-7-10-11/h3-10H,1H2/b4-3-,5-3?,6-4?,7-5-,9-6-,10-7?,11-9?,11-10-. The van der Waals surface area contributed by atoms with E-state index in [0.717, 1.165) is 5.57 Å². The predicted octanol–water partition coefficient (Wildman–Crippen LogP) is 2.94. The molecule has 0 bridgehead atoms. The zero-order valence-corrected chi connectivity index (χ0v) is 6.33. The monoisotopic (exact) mass is 142 g/mol. The van der Waals surface area contributed by atoms with E-state index in [1.807, 2.05) is 48.6 Å². The molecule has 1 aliphatic rings. The van der Waals surface area contributed by atoms with Crippen molar-refractivity contribution < 1.29 is 0 Å². The highest BCUT2D eigenvalue weighted by Gasteiger charge is 1.81. The van der Waals surface area contributed by atoms with Crippen molar-refractivity contribution in [1.82, 2.24) is 0 Å². The van der Waals surface area contributed by atoms with Crippen molar-refractivity contribution >= 4 is 0 Å². The molecule has 0 aromatic rings. The summed E-state index contributed by atoms with van der Waals surface area (Å²) in [6, 6.07) is 0. The molecule has 0 fully saturated rings. The van der Waals surface area contributed by atoms with Crippen LogP contribution in [0.2, 0.25) is 0 Å². The molecule has 0 spiro atoms. The Morgan fingerprint density at radius 3 is 2.64 bits per heavy atom. The van der Waals surface area contributed by atoms with Gasteiger partial charge in [-0.1, -0.05) is 49.1 Å². The van der Waals surface area contributed by atoms with Crippen molar-refractivity contribution in [2.24, 2.45) is 0 Å². The first-order valence-corrected chi connectivity index (χ1v) is 3.51. The van der Waals surface area contributed by atoms with Gasteiger partial charge in [-0.05, 0) is 11.6 Å².